The Morgan fingerprint density at radius 1 is 1.25 bits per heavy atom. The second-order valence-corrected chi connectivity index (χ2v) is 4.41. The Labute approximate surface area is 94.3 Å². The number of rotatable bonds is 2. The summed E-state index contributed by atoms with van der Waals surface area (Å²) >= 11 is 0. The van der Waals surface area contributed by atoms with E-state index in [0.717, 1.165) is 0 Å². The fraction of sp³-hybridized carbons (Fsp3) is 0.417. The molecule has 0 spiro atoms. The standard InChI is InChI=1S/C12H15NO3/c1-12(2,13)11(14)8-3-4-9-10(7-8)16-6-5-15-9/h3-4,7H,5-6,13H2,1-2H3. The van der Waals surface area contributed by atoms with Crippen LogP contribution in [0.3, 0.4) is 0 Å². The summed E-state index contributed by atoms with van der Waals surface area (Å²) in [4.78, 5) is 11.9. The van der Waals surface area contributed by atoms with Crippen LogP contribution in [0.25, 0.3) is 0 Å². The molecule has 1 heterocycles. The summed E-state index contributed by atoms with van der Waals surface area (Å²) in [5.74, 6) is 1.18. The predicted octanol–water partition coefficient (Wildman–Crippen LogP) is 1.38. The van der Waals surface area contributed by atoms with Crippen LogP contribution in [0.15, 0.2) is 18.2 Å². The first-order chi connectivity index (χ1) is 7.48. The van der Waals surface area contributed by atoms with Crippen molar-refractivity contribution in [3.8, 4) is 11.5 Å². The lowest BCUT2D eigenvalue weighted by Crippen LogP contribution is -2.41. The molecule has 0 fully saturated rings. The smallest absolute Gasteiger partial charge is 0.182 e. The normalized spacial score (nSPS) is 14.7. The number of ether oxygens (including phenoxy) is 2. The van der Waals surface area contributed by atoms with E-state index in [1.54, 1.807) is 32.0 Å². The molecule has 0 aliphatic carbocycles. The highest BCUT2D eigenvalue weighted by Gasteiger charge is 2.25. The number of ketones is 1. The first-order valence-corrected chi connectivity index (χ1v) is 5.22. The van der Waals surface area contributed by atoms with Crippen LogP contribution in [0.5, 0.6) is 11.5 Å². The van der Waals surface area contributed by atoms with Gasteiger partial charge in [0.1, 0.15) is 13.2 Å². The summed E-state index contributed by atoms with van der Waals surface area (Å²) in [6, 6.07) is 5.14. The van der Waals surface area contributed by atoms with Crippen LogP contribution in [-0.4, -0.2) is 24.5 Å². The first-order valence-electron chi connectivity index (χ1n) is 5.22. The lowest BCUT2D eigenvalue weighted by atomic mass is 9.94. The zero-order valence-corrected chi connectivity index (χ0v) is 9.45. The zero-order chi connectivity index (χ0) is 11.8. The molecular formula is C12H15NO3. The number of carbonyl (C=O) groups is 1. The number of fused-ring (bicyclic) bond motifs is 1. The van der Waals surface area contributed by atoms with Gasteiger partial charge < -0.3 is 15.2 Å². The largest absolute Gasteiger partial charge is 0.486 e. The molecule has 0 radical (unpaired) electrons. The van der Waals surface area contributed by atoms with Crippen LogP contribution in [0.2, 0.25) is 0 Å². The van der Waals surface area contributed by atoms with Crippen molar-refractivity contribution < 1.29 is 14.3 Å². The van der Waals surface area contributed by atoms with Crippen LogP contribution in [0.1, 0.15) is 24.2 Å². The van der Waals surface area contributed by atoms with Gasteiger partial charge in [0.05, 0.1) is 5.54 Å². The minimum Gasteiger partial charge on any atom is -0.486 e. The fourth-order valence-corrected chi connectivity index (χ4v) is 1.56. The van der Waals surface area contributed by atoms with E-state index in [-0.39, 0.29) is 5.78 Å². The summed E-state index contributed by atoms with van der Waals surface area (Å²) in [6.07, 6.45) is 0. The van der Waals surface area contributed by atoms with Crippen molar-refractivity contribution in [3.63, 3.8) is 0 Å². The van der Waals surface area contributed by atoms with Crippen molar-refractivity contribution in [2.45, 2.75) is 19.4 Å². The number of nitrogens with two attached hydrogens (primary N) is 1. The van der Waals surface area contributed by atoms with Gasteiger partial charge >= 0.3 is 0 Å². The predicted molar refractivity (Wildman–Crippen MR) is 60.0 cm³/mol. The Bertz CT molecular complexity index is 421. The molecule has 1 aromatic rings. The Morgan fingerprint density at radius 3 is 2.50 bits per heavy atom. The van der Waals surface area contributed by atoms with Gasteiger partial charge in [0, 0.05) is 5.56 Å². The van der Waals surface area contributed by atoms with Gasteiger partial charge in [-0.05, 0) is 32.0 Å². The molecule has 0 amide bonds. The second kappa shape index (κ2) is 3.79. The van der Waals surface area contributed by atoms with Gasteiger partial charge in [-0.3, -0.25) is 4.79 Å². The maximum Gasteiger partial charge on any atom is 0.182 e. The monoisotopic (exact) mass is 221 g/mol. The summed E-state index contributed by atoms with van der Waals surface area (Å²) in [7, 11) is 0. The van der Waals surface area contributed by atoms with Gasteiger partial charge in [-0.1, -0.05) is 0 Å². The minimum atomic E-state index is -0.871. The van der Waals surface area contributed by atoms with E-state index in [2.05, 4.69) is 0 Å². The minimum absolute atomic E-state index is 0.107. The SMILES string of the molecule is CC(C)(N)C(=O)c1ccc2c(c1)OCCO2. The van der Waals surface area contributed by atoms with E-state index in [1.165, 1.54) is 0 Å². The Hall–Kier alpha value is -1.55. The summed E-state index contributed by atoms with van der Waals surface area (Å²) < 4.78 is 10.8. The maximum absolute atomic E-state index is 11.9. The van der Waals surface area contributed by atoms with Crippen molar-refractivity contribution >= 4 is 5.78 Å². The van der Waals surface area contributed by atoms with Crippen molar-refractivity contribution in [1.82, 2.24) is 0 Å². The molecule has 86 valence electrons. The van der Waals surface area contributed by atoms with E-state index < -0.39 is 5.54 Å². The summed E-state index contributed by atoms with van der Waals surface area (Å²) in [5, 5.41) is 0. The third kappa shape index (κ3) is 2.02. The number of hydrogen-bond donors (Lipinski definition) is 1. The van der Waals surface area contributed by atoms with E-state index in [9.17, 15) is 4.79 Å². The molecule has 2 rings (SSSR count). The van der Waals surface area contributed by atoms with Gasteiger partial charge in [-0.2, -0.15) is 0 Å². The van der Waals surface area contributed by atoms with E-state index in [0.29, 0.717) is 30.3 Å². The molecule has 4 heteroatoms. The lowest BCUT2D eigenvalue weighted by molar-refractivity contribution is 0.0912. The Morgan fingerprint density at radius 2 is 1.88 bits per heavy atom. The molecule has 0 saturated carbocycles. The van der Waals surface area contributed by atoms with Crippen LogP contribution in [-0.2, 0) is 0 Å². The number of benzene rings is 1. The molecule has 0 bridgehead atoms. The average molecular weight is 221 g/mol. The molecule has 16 heavy (non-hydrogen) atoms. The molecule has 1 aromatic carbocycles. The third-order valence-corrected chi connectivity index (χ3v) is 2.39. The van der Waals surface area contributed by atoms with Crippen LogP contribution < -0.4 is 15.2 Å². The molecular weight excluding hydrogens is 206 g/mol. The molecule has 0 unspecified atom stereocenters. The lowest BCUT2D eigenvalue weighted by Gasteiger charge is -2.21. The zero-order valence-electron chi connectivity index (χ0n) is 9.45. The van der Waals surface area contributed by atoms with Crippen molar-refractivity contribution in [2.75, 3.05) is 13.2 Å². The molecule has 2 N–H and O–H groups in total. The number of carbonyl (C=O) groups excluding carboxylic acids is 1. The van der Waals surface area contributed by atoms with Gasteiger partial charge in [0.15, 0.2) is 17.3 Å². The molecule has 0 aromatic heterocycles. The van der Waals surface area contributed by atoms with Crippen LogP contribution in [0, 0.1) is 0 Å². The number of Topliss-reactive ketones (excluding diaryl/α,β-unsaturated/α-hetero) is 1. The van der Waals surface area contributed by atoms with Gasteiger partial charge in [0.2, 0.25) is 0 Å². The summed E-state index contributed by atoms with van der Waals surface area (Å²) in [6.45, 7) is 4.43. The summed E-state index contributed by atoms with van der Waals surface area (Å²) in [5.41, 5.74) is 5.45. The molecule has 1 aliphatic rings. The van der Waals surface area contributed by atoms with E-state index >= 15 is 0 Å². The molecule has 0 saturated heterocycles. The van der Waals surface area contributed by atoms with E-state index in [1.807, 2.05) is 0 Å². The Kier molecular flexibility index (Phi) is 2.59. The van der Waals surface area contributed by atoms with Crippen LogP contribution >= 0.6 is 0 Å². The quantitative estimate of drug-likeness (QED) is 0.766. The second-order valence-electron chi connectivity index (χ2n) is 4.41. The van der Waals surface area contributed by atoms with Crippen molar-refractivity contribution in [2.24, 2.45) is 5.73 Å². The molecule has 4 nitrogen and oxygen atoms in total. The van der Waals surface area contributed by atoms with E-state index in [4.69, 9.17) is 15.2 Å². The first kappa shape index (κ1) is 11.0. The van der Waals surface area contributed by atoms with Gasteiger partial charge in [0.25, 0.3) is 0 Å². The van der Waals surface area contributed by atoms with Crippen molar-refractivity contribution in [3.05, 3.63) is 23.8 Å². The topological polar surface area (TPSA) is 61.6 Å². The molecule has 0 atom stereocenters. The average Bonchev–Trinajstić information content (AvgIpc) is 2.26. The van der Waals surface area contributed by atoms with Crippen molar-refractivity contribution in [1.29, 1.82) is 0 Å². The third-order valence-electron chi connectivity index (χ3n) is 2.39. The highest BCUT2D eigenvalue weighted by Crippen LogP contribution is 2.31. The highest BCUT2D eigenvalue weighted by atomic mass is 16.6. The molecule has 1 aliphatic heterocycles. The maximum atomic E-state index is 11.9. The van der Waals surface area contributed by atoms with Gasteiger partial charge in [-0.15, -0.1) is 0 Å². The van der Waals surface area contributed by atoms with Gasteiger partial charge in [-0.25, -0.2) is 0 Å². The highest BCUT2D eigenvalue weighted by molar-refractivity contribution is 6.02. The number of hydrogen-bond acceptors (Lipinski definition) is 4. The fourth-order valence-electron chi connectivity index (χ4n) is 1.56. The van der Waals surface area contributed by atoms with Crippen LogP contribution in [0.4, 0.5) is 0 Å². The Balaban J connectivity index is 2.34.